The molecule has 1 aliphatic carbocycles. The summed E-state index contributed by atoms with van der Waals surface area (Å²) in [5.74, 6) is 0.386. The van der Waals surface area contributed by atoms with Crippen LogP contribution >= 0.6 is 0 Å². The average Bonchev–Trinajstić information content (AvgIpc) is 2.97. The number of piperidine rings is 1. The molecule has 21 heavy (non-hydrogen) atoms. The third-order valence-electron chi connectivity index (χ3n) is 5.03. The van der Waals surface area contributed by atoms with Gasteiger partial charge in [0.05, 0.1) is 5.41 Å². The maximum Gasteiger partial charge on any atom is 0.230 e. The van der Waals surface area contributed by atoms with Gasteiger partial charge in [-0.3, -0.25) is 9.59 Å². The average molecular weight is 295 g/mol. The van der Waals surface area contributed by atoms with Crippen LogP contribution in [0.1, 0.15) is 58.3 Å². The zero-order valence-corrected chi connectivity index (χ0v) is 13.2. The van der Waals surface area contributed by atoms with Crippen molar-refractivity contribution in [2.45, 2.75) is 64.3 Å². The number of rotatable bonds is 5. The van der Waals surface area contributed by atoms with Gasteiger partial charge in [0.15, 0.2) is 0 Å². The summed E-state index contributed by atoms with van der Waals surface area (Å²) in [5, 5.41) is 3.07. The molecule has 0 spiro atoms. The number of hydrogen-bond donors (Lipinski definition) is 2. The third kappa shape index (κ3) is 3.76. The molecule has 2 amide bonds. The first-order chi connectivity index (χ1) is 10.1. The smallest absolute Gasteiger partial charge is 0.230 e. The van der Waals surface area contributed by atoms with Gasteiger partial charge in [0.25, 0.3) is 0 Å². The van der Waals surface area contributed by atoms with Crippen LogP contribution in [-0.4, -0.2) is 42.4 Å². The lowest BCUT2D eigenvalue weighted by atomic mass is 9.84. The second kappa shape index (κ2) is 7.25. The number of nitrogens with one attached hydrogen (secondary N) is 1. The van der Waals surface area contributed by atoms with E-state index in [4.69, 9.17) is 5.73 Å². The zero-order valence-electron chi connectivity index (χ0n) is 13.2. The molecule has 5 heteroatoms. The van der Waals surface area contributed by atoms with Crippen LogP contribution < -0.4 is 11.1 Å². The number of hydrogen-bond acceptors (Lipinski definition) is 3. The van der Waals surface area contributed by atoms with Crippen molar-refractivity contribution in [1.29, 1.82) is 0 Å². The van der Waals surface area contributed by atoms with Crippen LogP contribution in [0.5, 0.6) is 0 Å². The van der Waals surface area contributed by atoms with Crippen LogP contribution in [-0.2, 0) is 9.59 Å². The Morgan fingerprint density at radius 2 is 1.86 bits per heavy atom. The molecular weight excluding hydrogens is 266 g/mol. The van der Waals surface area contributed by atoms with E-state index >= 15 is 0 Å². The lowest BCUT2D eigenvalue weighted by molar-refractivity contribution is -0.142. The number of carbonyl (C=O) groups excluding carboxylic acids is 2. The van der Waals surface area contributed by atoms with Crippen molar-refractivity contribution >= 4 is 11.8 Å². The van der Waals surface area contributed by atoms with Gasteiger partial charge in [0.2, 0.25) is 11.8 Å². The van der Waals surface area contributed by atoms with Crippen molar-refractivity contribution in [3.63, 3.8) is 0 Å². The second-order valence-electron chi connectivity index (χ2n) is 6.58. The molecule has 1 saturated heterocycles. The van der Waals surface area contributed by atoms with Gasteiger partial charge in [-0.2, -0.15) is 0 Å². The summed E-state index contributed by atoms with van der Waals surface area (Å²) in [4.78, 5) is 26.3. The highest BCUT2D eigenvalue weighted by Crippen LogP contribution is 2.39. The van der Waals surface area contributed by atoms with Gasteiger partial charge in [0, 0.05) is 32.1 Å². The summed E-state index contributed by atoms with van der Waals surface area (Å²) in [6.45, 7) is 3.98. The number of amides is 2. The van der Waals surface area contributed by atoms with Crippen LogP contribution in [0.2, 0.25) is 0 Å². The van der Waals surface area contributed by atoms with E-state index in [2.05, 4.69) is 5.32 Å². The van der Waals surface area contributed by atoms with Crippen molar-refractivity contribution in [3.8, 4) is 0 Å². The summed E-state index contributed by atoms with van der Waals surface area (Å²) < 4.78 is 0. The van der Waals surface area contributed by atoms with Crippen LogP contribution in [0.25, 0.3) is 0 Å². The first kappa shape index (κ1) is 16.3. The second-order valence-corrected chi connectivity index (χ2v) is 6.58. The summed E-state index contributed by atoms with van der Waals surface area (Å²) in [7, 11) is 0. The molecule has 2 aliphatic rings. The fourth-order valence-corrected chi connectivity index (χ4v) is 3.65. The molecule has 120 valence electrons. The van der Waals surface area contributed by atoms with E-state index < -0.39 is 0 Å². The predicted octanol–water partition coefficient (Wildman–Crippen LogP) is 1.41. The number of carbonyl (C=O) groups is 2. The van der Waals surface area contributed by atoms with Crippen molar-refractivity contribution in [2.75, 3.05) is 19.6 Å². The van der Waals surface area contributed by atoms with E-state index in [1.165, 1.54) is 0 Å². The molecule has 0 bridgehead atoms. The Morgan fingerprint density at radius 1 is 1.24 bits per heavy atom. The lowest BCUT2D eigenvalue weighted by Crippen LogP contribution is -2.52. The molecular formula is C16H29N3O2. The Labute approximate surface area is 127 Å². The van der Waals surface area contributed by atoms with Gasteiger partial charge in [0.1, 0.15) is 0 Å². The molecule has 0 aromatic rings. The Balaban J connectivity index is 1.83. The number of nitrogens with two attached hydrogens (primary N) is 1. The summed E-state index contributed by atoms with van der Waals surface area (Å²) in [6.07, 6.45) is 7.31. The van der Waals surface area contributed by atoms with Crippen LogP contribution in [0.15, 0.2) is 0 Å². The van der Waals surface area contributed by atoms with Gasteiger partial charge in [-0.05, 0) is 32.1 Å². The Kier molecular flexibility index (Phi) is 5.62. The maximum atomic E-state index is 12.7. The van der Waals surface area contributed by atoms with Crippen LogP contribution in [0.3, 0.4) is 0 Å². The molecule has 3 N–H and O–H groups in total. The van der Waals surface area contributed by atoms with E-state index in [1.54, 1.807) is 0 Å². The van der Waals surface area contributed by atoms with Gasteiger partial charge in [-0.1, -0.05) is 19.8 Å². The highest BCUT2D eigenvalue weighted by Gasteiger charge is 2.42. The quantitative estimate of drug-likeness (QED) is 0.805. The molecule has 0 aromatic carbocycles. The molecule has 0 unspecified atom stereocenters. The zero-order chi connectivity index (χ0) is 15.3. The third-order valence-corrected chi connectivity index (χ3v) is 5.03. The van der Waals surface area contributed by atoms with E-state index in [0.29, 0.717) is 13.0 Å². The minimum absolute atomic E-state index is 0.136. The first-order valence-electron chi connectivity index (χ1n) is 8.40. The van der Waals surface area contributed by atoms with Crippen molar-refractivity contribution < 1.29 is 9.59 Å². The van der Waals surface area contributed by atoms with E-state index in [9.17, 15) is 9.59 Å². The molecule has 1 heterocycles. The predicted molar refractivity (Wildman–Crippen MR) is 82.6 cm³/mol. The topological polar surface area (TPSA) is 75.4 Å². The monoisotopic (exact) mass is 295 g/mol. The van der Waals surface area contributed by atoms with E-state index in [-0.39, 0.29) is 23.3 Å². The fourth-order valence-electron chi connectivity index (χ4n) is 3.65. The highest BCUT2D eigenvalue weighted by molar-refractivity contribution is 5.83. The Bertz CT molecular complexity index is 370. The SMILES string of the molecule is CCCC(=O)NC1CCN(C(=O)C2(CN)CCCC2)CC1. The van der Waals surface area contributed by atoms with Crippen LogP contribution in [0, 0.1) is 5.41 Å². The molecule has 5 nitrogen and oxygen atoms in total. The molecule has 2 rings (SSSR count). The molecule has 1 saturated carbocycles. The molecule has 2 fully saturated rings. The summed E-state index contributed by atoms with van der Waals surface area (Å²) in [6, 6.07) is 0.227. The van der Waals surface area contributed by atoms with E-state index in [1.807, 2.05) is 11.8 Å². The van der Waals surface area contributed by atoms with Crippen molar-refractivity contribution in [2.24, 2.45) is 11.1 Å². The normalized spacial score (nSPS) is 22.3. The summed E-state index contributed by atoms with van der Waals surface area (Å²) in [5.41, 5.74) is 5.61. The highest BCUT2D eigenvalue weighted by atomic mass is 16.2. The maximum absolute atomic E-state index is 12.7. The standard InChI is InChI=1S/C16H29N3O2/c1-2-5-14(20)18-13-6-10-19(11-7-13)15(21)16(12-17)8-3-4-9-16/h13H,2-12,17H2,1H3,(H,18,20). The van der Waals surface area contributed by atoms with Gasteiger partial charge in [-0.15, -0.1) is 0 Å². The molecule has 0 aromatic heterocycles. The van der Waals surface area contributed by atoms with Crippen molar-refractivity contribution in [3.05, 3.63) is 0 Å². The van der Waals surface area contributed by atoms with Crippen molar-refractivity contribution in [1.82, 2.24) is 10.2 Å². The van der Waals surface area contributed by atoms with Gasteiger partial charge < -0.3 is 16.0 Å². The first-order valence-corrected chi connectivity index (χ1v) is 8.40. The fraction of sp³-hybridized carbons (Fsp3) is 0.875. The lowest BCUT2D eigenvalue weighted by Gasteiger charge is -2.38. The Hall–Kier alpha value is -1.10. The molecule has 1 aliphatic heterocycles. The number of nitrogens with zero attached hydrogens (tertiary/aromatic N) is 1. The molecule has 0 radical (unpaired) electrons. The van der Waals surface area contributed by atoms with Crippen LogP contribution in [0.4, 0.5) is 0 Å². The minimum Gasteiger partial charge on any atom is -0.353 e. The van der Waals surface area contributed by atoms with Gasteiger partial charge >= 0.3 is 0 Å². The number of likely N-dealkylation sites (tertiary alicyclic amines) is 1. The minimum atomic E-state index is -0.293. The summed E-state index contributed by atoms with van der Waals surface area (Å²) >= 11 is 0. The van der Waals surface area contributed by atoms with E-state index in [0.717, 1.165) is 58.0 Å². The Morgan fingerprint density at radius 3 is 2.38 bits per heavy atom. The largest absolute Gasteiger partial charge is 0.353 e. The molecule has 0 atom stereocenters. The van der Waals surface area contributed by atoms with Gasteiger partial charge in [-0.25, -0.2) is 0 Å².